The number of aromatic nitrogens is 1. The largest absolute Gasteiger partial charge is 0.480 e. The van der Waals surface area contributed by atoms with Gasteiger partial charge in [-0.15, -0.1) is 11.8 Å². The van der Waals surface area contributed by atoms with Crippen LogP contribution in [0.5, 0.6) is 0 Å². The Morgan fingerprint density at radius 2 is 2.24 bits per heavy atom. The molecule has 0 aliphatic rings. The Morgan fingerprint density at radius 1 is 1.47 bits per heavy atom. The molecule has 0 saturated heterocycles. The number of rotatable bonds is 5. The molecule has 0 aliphatic carbocycles. The van der Waals surface area contributed by atoms with Crippen molar-refractivity contribution >= 4 is 28.6 Å². The van der Waals surface area contributed by atoms with E-state index in [1.807, 2.05) is 37.4 Å². The van der Waals surface area contributed by atoms with Crippen LogP contribution in [0.1, 0.15) is 12.5 Å². The molecule has 1 atom stereocenters. The highest BCUT2D eigenvalue weighted by atomic mass is 32.2. The molecule has 17 heavy (non-hydrogen) atoms. The van der Waals surface area contributed by atoms with Crippen molar-refractivity contribution in [2.24, 2.45) is 0 Å². The van der Waals surface area contributed by atoms with Gasteiger partial charge >= 0.3 is 5.97 Å². The average molecular weight is 249 g/mol. The minimum atomic E-state index is -0.734. The Labute approximate surface area is 104 Å². The molecule has 2 aromatic rings. The molecule has 1 heterocycles. The highest BCUT2D eigenvalue weighted by Crippen LogP contribution is 2.23. The van der Waals surface area contributed by atoms with Crippen molar-refractivity contribution in [3.63, 3.8) is 0 Å². The molecule has 1 aromatic heterocycles. The first-order valence-corrected chi connectivity index (χ1v) is 6.66. The van der Waals surface area contributed by atoms with Crippen molar-refractivity contribution in [3.8, 4) is 0 Å². The molecule has 0 saturated carbocycles. The highest BCUT2D eigenvalue weighted by molar-refractivity contribution is 8.00. The van der Waals surface area contributed by atoms with Gasteiger partial charge in [0, 0.05) is 17.1 Å². The van der Waals surface area contributed by atoms with Crippen LogP contribution in [-0.2, 0) is 11.2 Å². The zero-order valence-corrected chi connectivity index (χ0v) is 10.5. The van der Waals surface area contributed by atoms with Crippen molar-refractivity contribution in [1.29, 1.82) is 0 Å². The second kappa shape index (κ2) is 5.27. The summed E-state index contributed by atoms with van der Waals surface area (Å²) in [5, 5.41) is 9.90. The van der Waals surface area contributed by atoms with Gasteiger partial charge in [0.2, 0.25) is 0 Å². The average Bonchev–Trinajstić information content (AvgIpc) is 2.72. The van der Waals surface area contributed by atoms with E-state index in [4.69, 9.17) is 5.11 Å². The van der Waals surface area contributed by atoms with Crippen LogP contribution in [-0.4, -0.2) is 27.1 Å². The van der Waals surface area contributed by atoms with Crippen LogP contribution in [0.15, 0.2) is 30.5 Å². The summed E-state index contributed by atoms with van der Waals surface area (Å²) in [7, 11) is 0. The summed E-state index contributed by atoms with van der Waals surface area (Å²) in [6.45, 7) is 1.98. The standard InChI is InChI=1S/C13H15NO2S/c1-2-17-12(13(15)16)7-9-8-14-11-6-4-3-5-10(9)11/h3-6,8,12,14H,2,7H2,1H3,(H,15,16)/t12-/m1/s1. The SMILES string of the molecule is CCS[C@H](Cc1c[nH]c2ccccc12)C(=O)O. The van der Waals surface area contributed by atoms with Crippen molar-refractivity contribution in [2.45, 2.75) is 18.6 Å². The number of H-pyrrole nitrogens is 1. The number of thioether (sulfide) groups is 1. The number of hydrogen-bond donors (Lipinski definition) is 2. The number of nitrogens with one attached hydrogen (secondary N) is 1. The van der Waals surface area contributed by atoms with Gasteiger partial charge in [-0.3, -0.25) is 4.79 Å². The molecular formula is C13H15NO2S. The Morgan fingerprint density at radius 3 is 2.94 bits per heavy atom. The number of hydrogen-bond acceptors (Lipinski definition) is 2. The summed E-state index contributed by atoms with van der Waals surface area (Å²) in [5.41, 5.74) is 2.14. The maximum Gasteiger partial charge on any atom is 0.316 e. The van der Waals surface area contributed by atoms with Gasteiger partial charge in [0.25, 0.3) is 0 Å². The second-order valence-electron chi connectivity index (χ2n) is 3.85. The first kappa shape index (κ1) is 12.0. The molecule has 0 radical (unpaired) electrons. The van der Waals surface area contributed by atoms with E-state index in [1.165, 1.54) is 11.8 Å². The minimum absolute atomic E-state index is 0.362. The minimum Gasteiger partial charge on any atom is -0.480 e. The monoisotopic (exact) mass is 249 g/mol. The third kappa shape index (κ3) is 2.64. The molecule has 1 aromatic carbocycles. The fraction of sp³-hybridized carbons (Fsp3) is 0.308. The van der Waals surface area contributed by atoms with E-state index in [9.17, 15) is 4.79 Å². The van der Waals surface area contributed by atoms with Crippen LogP contribution in [0, 0.1) is 0 Å². The van der Waals surface area contributed by atoms with Crippen molar-refractivity contribution in [1.82, 2.24) is 4.98 Å². The van der Waals surface area contributed by atoms with Crippen LogP contribution >= 0.6 is 11.8 Å². The van der Waals surface area contributed by atoms with Crippen LogP contribution in [0.4, 0.5) is 0 Å². The summed E-state index contributed by atoms with van der Waals surface area (Å²) < 4.78 is 0. The predicted octanol–water partition coefficient (Wildman–Crippen LogP) is 2.92. The quantitative estimate of drug-likeness (QED) is 0.856. The van der Waals surface area contributed by atoms with Gasteiger partial charge in [-0.05, 0) is 23.8 Å². The van der Waals surface area contributed by atoms with Gasteiger partial charge in [-0.2, -0.15) is 0 Å². The van der Waals surface area contributed by atoms with Crippen LogP contribution in [0.3, 0.4) is 0 Å². The van der Waals surface area contributed by atoms with E-state index in [1.54, 1.807) is 0 Å². The van der Waals surface area contributed by atoms with Gasteiger partial charge < -0.3 is 10.1 Å². The van der Waals surface area contributed by atoms with Gasteiger partial charge in [0.05, 0.1) is 0 Å². The molecule has 0 fully saturated rings. The number of carboxylic acids is 1. The van der Waals surface area contributed by atoms with E-state index in [0.29, 0.717) is 6.42 Å². The summed E-state index contributed by atoms with van der Waals surface area (Å²) in [6.07, 6.45) is 2.48. The normalized spacial score (nSPS) is 12.8. The number of benzene rings is 1. The maximum atomic E-state index is 11.1. The third-order valence-electron chi connectivity index (χ3n) is 2.72. The highest BCUT2D eigenvalue weighted by Gasteiger charge is 2.19. The van der Waals surface area contributed by atoms with Gasteiger partial charge in [-0.25, -0.2) is 0 Å². The number of para-hydroxylation sites is 1. The zero-order valence-electron chi connectivity index (χ0n) is 9.64. The fourth-order valence-corrected chi connectivity index (χ4v) is 2.76. The summed E-state index contributed by atoms with van der Waals surface area (Å²) in [5.74, 6) is 0.0846. The predicted molar refractivity (Wildman–Crippen MR) is 71.6 cm³/mol. The van der Waals surface area contributed by atoms with E-state index in [0.717, 1.165) is 22.2 Å². The molecule has 0 bridgehead atoms. The fourth-order valence-electron chi connectivity index (χ4n) is 1.92. The molecule has 2 N–H and O–H groups in total. The van der Waals surface area contributed by atoms with Gasteiger partial charge in [0.15, 0.2) is 0 Å². The molecule has 2 rings (SSSR count). The van der Waals surface area contributed by atoms with Crippen LogP contribution < -0.4 is 0 Å². The number of aromatic amines is 1. The molecule has 90 valence electrons. The third-order valence-corrected chi connectivity index (χ3v) is 3.83. The lowest BCUT2D eigenvalue weighted by atomic mass is 10.1. The molecule has 0 unspecified atom stereocenters. The summed E-state index contributed by atoms with van der Waals surface area (Å²) in [4.78, 5) is 14.3. The van der Waals surface area contributed by atoms with Gasteiger partial charge in [-0.1, -0.05) is 25.1 Å². The Balaban J connectivity index is 2.25. The zero-order chi connectivity index (χ0) is 12.3. The lowest BCUT2D eigenvalue weighted by Crippen LogP contribution is -2.19. The summed E-state index contributed by atoms with van der Waals surface area (Å²) >= 11 is 1.48. The number of fused-ring (bicyclic) bond motifs is 1. The lowest BCUT2D eigenvalue weighted by molar-refractivity contribution is -0.136. The number of carbonyl (C=O) groups is 1. The van der Waals surface area contributed by atoms with Crippen LogP contribution in [0.25, 0.3) is 10.9 Å². The maximum absolute atomic E-state index is 11.1. The molecule has 3 nitrogen and oxygen atoms in total. The molecule has 0 spiro atoms. The number of aliphatic carboxylic acids is 1. The first-order valence-electron chi connectivity index (χ1n) is 5.61. The smallest absolute Gasteiger partial charge is 0.316 e. The molecular weight excluding hydrogens is 234 g/mol. The lowest BCUT2D eigenvalue weighted by Gasteiger charge is -2.09. The van der Waals surface area contributed by atoms with E-state index in [-0.39, 0.29) is 5.25 Å². The van der Waals surface area contributed by atoms with Crippen molar-refractivity contribution < 1.29 is 9.90 Å². The topological polar surface area (TPSA) is 53.1 Å². The van der Waals surface area contributed by atoms with Gasteiger partial charge in [0.1, 0.15) is 5.25 Å². The first-order chi connectivity index (χ1) is 8.22. The van der Waals surface area contributed by atoms with Crippen LogP contribution in [0.2, 0.25) is 0 Å². The Bertz CT molecular complexity index is 521. The molecule has 4 heteroatoms. The van der Waals surface area contributed by atoms with E-state index < -0.39 is 5.97 Å². The molecule has 0 aliphatic heterocycles. The Kier molecular flexibility index (Phi) is 3.74. The molecule has 0 amide bonds. The van der Waals surface area contributed by atoms with E-state index >= 15 is 0 Å². The van der Waals surface area contributed by atoms with Crippen molar-refractivity contribution in [2.75, 3.05) is 5.75 Å². The van der Waals surface area contributed by atoms with E-state index in [2.05, 4.69) is 4.98 Å². The number of carboxylic acid groups (broad SMARTS) is 1. The second-order valence-corrected chi connectivity index (χ2v) is 5.33. The Hall–Kier alpha value is -1.42. The van der Waals surface area contributed by atoms with Crippen molar-refractivity contribution in [3.05, 3.63) is 36.0 Å². The summed E-state index contributed by atoms with van der Waals surface area (Å²) in [6, 6.07) is 7.97.